The van der Waals surface area contributed by atoms with E-state index in [9.17, 15) is 0 Å². The molecular formula is C18H24N4. The Hall–Kier alpha value is -2.10. The molecule has 0 aliphatic heterocycles. The van der Waals surface area contributed by atoms with Crippen molar-refractivity contribution < 1.29 is 0 Å². The molecule has 1 aromatic heterocycles. The van der Waals surface area contributed by atoms with Crippen LogP contribution in [0.1, 0.15) is 42.6 Å². The average molecular weight is 296 g/mol. The minimum atomic E-state index is 0.558. The van der Waals surface area contributed by atoms with E-state index < -0.39 is 0 Å². The highest BCUT2D eigenvalue weighted by Gasteiger charge is 2.15. The summed E-state index contributed by atoms with van der Waals surface area (Å²) in [4.78, 5) is 9.03. The molecule has 1 aliphatic rings. The van der Waals surface area contributed by atoms with Crippen LogP contribution in [0.3, 0.4) is 0 Å². The second kappa shape index (κ2) is 6.34. The predicted molar refractivity (Wildman–Crippen MR) is 91.8 cm³/mol. The molecule has 1 heterocycles. The second-order valence-electron chi connectivity index (χ2n) is 6.25. The molecule has 1 fully saturated rings. The molecule has 1 aliphatic carbocycles. The van der Waals surface area contributed by atoms with E-state index in [1.807, 2.05) is 13.0 Å². The number of aromatic nitrogens is 2. The van der Waals surface area contributed by atoms with E-state index in [1.165, 1.54) is 36.8 Å². The lowest BCUT2D eigenvalue weighted by molar-refractivity contribution is 0.748. The van der Waals surface area contributed by atoms with E-state index in [0.717, 1.165) is 23.1 Å². The third kappa shape index (κ3) is 3.56. The van der Waals surface area contributed by atoms with Gasteiger partial charge in [0, 0.05) is 17.8 Å². The van der Waals surface area contributed by atoms with E-state index in [0.29, 0.717) is 6.04 Å². The lowest BCUT2D eigenvalue weighted by Gasteiger charge is -2.15. The molecule has 22 heavy (non-hydrogen) atoms. The number of benzene rings is 1. The molecule has 0 bridgehead atoms. The Balaban J connectivity index is 1.81. The van der Waals surface area contributed by atoms with Crippen LogP contribution in [0.5, 0.6) is 0 Å². The van der Waals surface area contributed by atoms with Crippen molar-refractivity contribution >= 4 is 17.3 Å². The molecule has 2 N–H and O–H groups in total. The van der Waals surface area contributed by atoms with Crippen molar-refractivity contribution in [3.8, 4) is 0 Å². The summed E-state index contributed by atoms with van der Waals surface area (Å²) >= 11 is 0. The molecule has 116 valence electrons. The summed E-state index contributed by atoms with van der Waals surface area (Å²) in [5, 5.41) is 6.97. The van der Waals surface area contributed by atoms with Crippen LogP contribution >= 0.6 is 0 Å². The molecular weight excluding hydrogens is 272 g/mol. The zero-order chi connectivity index (χ0) is 15.5. The van der Waals surface area contributed by atoms with Crippen LogP contribution in [-0.2, 0) is 0 Å². The van der Waals surface area contributed by atoms with Gasteiger partial charge in [0.1, 0.15) is 17.5 Å². The number of hydrogen-bond donors (Lipinski definition) is 2. The molecule has 4 nitrogen and oxygen atoms in total. The van der Waals surface area contributed by atoms with Gasteiger partial charge in [-0.05, 0) is 50.8 Å². The van der Waals surface area contributed by atoms with Crippen molar-refractivity contribution in [2.75, 3.05) is 10.6 Å². The quantitative estimate of drug-likeness (QED) is 0.872. The van der Waals surface area contributed by atoms with Gasteiger partial charge < -0.3 is 10.6 Å². The summed E-state index contributed by atoms with van der Waals surface area (Å²) in [6.45, 7) is 6.14. The van der Waals surface area contributed by atoms with Crippen LogP contribution in [0.2, 0.25) is 0 Å². The van der Waals surface area contributed by atoms with Crippen LogP contribution in [0.25, 0.3) is 0 Å². The average Bonchev–Trinajstić information content (AvgIpc) is 2.95. The number of nitrogens with zero attached hydrogens (tertiary/aromatic N) is 2. The van der Waals surface area contributed by atoms with Crippen LogP contribution in [-0.4, -0.2) is 16.0 Å². The zero-order valence-corrected chi connectivity index (χ0v) is 13.6. The summed E-state index contributed by atoms with van der Waals surface area (Å²) in [5.41, 5.74) is 3.56. The van der Waals surface area contributed by atoms with Gasteiger partial charge in [-0.25, -0.2) is 9.97 Å². The van der Waals surface area contributed by atoms with Gasteiger partial charge in [0.25, 0.3) is 0 Å². The van der Waals surface area contributed by atoms with Gasteiger partial charge in [-0.15, -0.1) is 0 Å². The summed E-state index contributed by atoms with van der Waals surface area (Å²) in [5.74, 6) is 2.56. The Kier molecular flexibility index (Phi) is 4.27. The first kappa shape index (κ1) is 14.8. The van der Waals surface area contributed by atoms with Gasteiger partial charge in [0.15, 0.2) is 0 Å². The number of aryl methyl sites for hydroxylation is 3. The zero-order valence-electron chi connectivity index (χ0n) is 13.6. The fourth-order valence-corrected chi connectivity index (χ4v) is 2.99. The summed E-state index contributed by atoms with van der Waals surface area (Å²) in [6, 6.07) is 8.97. The molecule has 0 spiro atoms. The van der Waals surface area contributed by atoms with Gasteiger partial charge in [-0.2, -0.15) is 0 Å². The van der Waals surface area contributed by atoms with Crippen molar-refractivity contribution in [2.45, 2.75) is 52.5 Å². The number of anilines is 3. The fraction of sp³-hybridized carbons (Fsp3) is 0.444. The van der Waals surface area contributed by atoms with Gasteiger partial charge in [0.05, 0.1) is 0 Å². The molecule has 3 rings (SSSR count). The standard InChI is InChI=1S/C18H24N4/c1-12-8-9-13(2)16(10-12)22-18-11-17(19-14(3)20-18)21-15-6-4-5-7-15/h8-11,15H,4-7H2,1-3H3,(H2,19,20,21,22). The van der Waals surface area contributed by atoms with Gasteiger partial charge in [0.2, 0.25) is 0 Å². The van der Waals surface area contributed by atoms with Crippen molar-refractivity contribution in [2.24, 2.45) is 0 Å². The first-order chi connectivity index (χ1) is 10.6. The Labute approximate surface area is 132 Å². The SMILES string of the molecule is Cc1ccc(C)c(Nc2cc(NC3CCCC3)nc(C)n2)c1. The lowest BCUT2D eigenvalue weighted by Crippen LogP contribution is -2.16. The Morgan fingerprint density at radius 1 is 0.955 bits per heavy atom. The first-order valence-corrected chi connectivity index (χ1v) is 8.06. The molecule has 0 radical (unpaired) electrons. The van der Waals surface area contributed by atoms with Crippen molar-refractivity contribution in [3.63, 3.8) is 0 Å². The van der Waals surface area contributed by atoms with Gasteiger partial charge >= 0.3 is 0 Å². The van der Waals surface area contributed by atoms with Crippen LogP contribution in [0, 0.1) is 20.8 Å². The van der Waals surface area contributed by atoms with Crippen molar-refractivity contribution in [1.29, 1.82) is 0 Å². The van der Waals surface area contributed by atoms with Gasteiger partial charge in [-0.3, -0.25) is 0 Å². The topological polar surface area (TPSA) is 49.8 Å². The molecule has 1 aromatic carbocycles. The highest BCUT2D eigenvalue weighted by molar-refractivity contribution is 5.63. The monoisotopic (exact) mass is 296 g/mol. The predicted octanol–water partition coefficient (Wildman–Crippen LogP) is 4.50. The van der Waals surface area contributed by atoms with Crippen LogP contribution < -0.4 is 10.6 Å². The van der Waals surface area contributed by atoms with Gasteiger partial charge in [-0.1, -0.05) is 25.0 Å². The summed E-state index contributed by atoms with van der Waals surface area (Å²) < 4.78 is 0. The fourth-order valence-electron chi connectivity index (χ4n) is 2.99. The van der Waals surface area contributed by atoms with E-state index >= 15 is 0 Å². The third-order valence-corrected chi connectivity index (χ3v) is 4.20. The molecule has 4 heteroatoms. The van der Waals surface area contributed by atoms with Crippen molar-refractivity contribution in [3.05, 3.63) is 41.2 Å². The lowest BCUT2D eigenvalue weighted by atomic mass is 10.1. The molecule has 0 atom stereocenters. The second-order valence-corrected chi connectivity index (χ2v) is 6.25. The molecule has 1 saturated carbocycles. The maximum atomic E-state index is 4.52. The minimum Gasteiger partial charge on any atom is -0.367 e. The van der Waals surface area contributed by atoms with Crippen molar-refractivity contribution in [1.82, 2.24) is 9.97 Å². The largest absolute Gasteiger partial charge is 0.367 e. The van der Waals surface area contributed by atoms with E-state index in [2.05, 4.69) is 52.6 Å². The highest BCUT2D eigenvalue weighted by Crippen LogP contribution is 2.25. The van der Waals surface area contributed by atoms with E-state index in [-0.39, 0.29) is 0 Å². The summed E-state index contributed by atoms with van der Waals surface area (Å²) in [6.07, 6.45) is 5.11. The smallest absolute Gasteiger partial charge is 0.136 e. The molecule has 2 aromatic rings. The maximum Gasteiger partial charge on any atom is 0.136 e. The Bertz CT molecular complexity index is 660. The summed E-state index contributed by atoms with van der Waals surface area (Å²) in [7, 11) is 0. The number of nitrogens with one attached hydrogen (secondary N) is 2. The first-order valence-electron chi connectivity index (χ1n) is 8.06. The molecule has 0 amide bonds. The third-order valence-electron chi connectivity index (χ3n) is 4.20. The van der Waals surface area contributed by atoms with Crippen LogP contribution in [0.4, 0.5) is 17.3 Å². The van der Waals surface area contributed by atoms with Crippen LogP contribution in [0.15, 0.2) is 24.3 Å². The highest BCUT2D eigenvalue weighted by atomic mass is 15.1. The normalized spacial score (nSPS) is 15.0. The Morgan fingerprint density at radius 3 is 2.45 bits per heavy atom. The minimum absolute atomic E-state index is 0.558. The van der Waals surface area contributed by atoms with E-state index in [4.69, 9.17) is 0 Å². The number of rotatable bonds is 4. The van der Waals surface area contributed by atoms with E-state index in [1.54, 1.807) is 0 Å². The Morgan fingerprint density at radius 2 is 1.68 bits per heavy atom. The molecule has 0 unspecified atom stereocenters. The maximum absolute atomic E-state index is 4.52. The number of hydrogen-bond acceptors (Lipinski definition) is 4. The molecule has 0 saturated heterocycles.